The maximum Gasteiger partial charge on any atom is 0.268 e. The van der Waals surface area contributed by atoms with Gasteiger partial charge >= 0.3 is 0 Å². The van der Waals surface area contributed by atoms with Gasteiger partial charge in [-0.3, -0.25) is 0 Å². The number of benzene rings is 2. The van der Waals surface area contributed by atoms with Crippen molar-refractivity contribution in [2.75, 3.05) is 13.1 Å². The van der Waals surface area contributed by atoms with Crippen LogP contribution in [0.5, 0.6) is 5.75 Å². The SMILES string of the molecule is CCC1(Oc2cccc(S(=O)(=O)n3ccc4cc(F)ccc43)c2)CCNCC1.Cl. The van der Waals surface area contributed by atoms with Crippen molar-refractivity contribution in [3.63, 3.8) is 0 Å². The molecule has 2 heterocycles. The average molecular weight is 439 g/mol. The molecule has 0 atom stereocenters. The van der Waals surface area contributed by atoms with Crippen molar-refractivity contribution in [1.29, 1.82) is 0 Å². The van der Waals surface area contributed by atoms with E-state index in [9.17, 15) is 12.8 Å². The fraction of sp³-hybridized carbons (Fsp3) is 0.333. The van der Waals surface area contributed by atoms with Gasteiger partial charge in [0.1, 0.15) is 17.2 Å². The highest BCUT2D eigenvalue weighted by Crippen LogP contribution is 2.31. The van der Waals surface area contributed by atoms with E-state index in [1.807, 2.05) is 0 Å². The highest BCUT2D eigenvalue weighted by atomic mass is 35.5. The van der Waals surface area contributed by atoms with Gasteiger partial charge in [0.25, 0.3) is 10.0 Å². The van der Waals surface area contributed by atoms with Crippen LogP contribution >= 0.6 is 12.4 Å². The summed E-state index contributed by atoms with van der Waals surface area (Å²) in [5, 5.41) is 3.87. The van der Waals surface area contributed by atoms with Crippen LogP contribution in [0.3, 0.4) is 0 Å². The van der Waals surface area contributed by atoms with Crippen molar-refractivity contribution in [3.05, 3.63) is 60.5 Å². The fourth-order valence-electron chi connectivity index (χ4n) is 3.77. The van der Waals surface area contributed by atoms with Gasteiger partial charge in [0.15, 0.2) is 0 Å². The van der Waals surface area contributed by atoms with E-state index in [1.54, 1.807) is 30.3 Å². The Hall–Kier alpha value is -2.09. The van der Waals surface area contributed by atoms with Crippen molar-refractivity contribution < 1.29 is 17.5 Å². The molecule has 0 radical (unpaired) electrons. The molecule has 1 aromatic heterocycles. The quantitative estimate of drug-likeness (QED) is 0.643. The third-order valence-corrected chi connectivity index (χ3v) is 7.16. The predicted octanol–water partition coefficient (Wildman–Crippen LogP) is 4.35. The topological polar surface area (TPSA) is 60.3 Å². The van der Waals surface area contributed by atoms with Crippen LogP contribution in [-0.2, 0) is 10.0 Å². The zero-order valence-electron chi connectivity index (χ0n) is 16.1. The van der Waals surface area contributed by atoms with Gasteiger partial charge in [0, 0.05) is 17.6 Å². The predicted molar refractivity (Wildman–Crippen MR) is 114 cm³/mol. The molecule has 29 heavy (non-hydrogen) atoms. The molecule has 156 valence electrons. The molecule has 0 amide bonds. The molecule has 1 aliphatic rings. The number of hydrogen-bond acceptors (Lipinski definition) is 4. The van der Waals surface area contributed by atoms with Gasteiger partial charge in [-0.15, -0.1) is 12.4 Å². The Kier molecular flexibility index (Phi) is 6.22. The van der Waals surface area contributed by atoms with Crippen molar-refractivity contribution in [2.45, 2.75) is 36.7 Å². The second-order valence-corrected chi connectivity index (χ2v) is 9.00. The number of hydrogen-bond donors (Lipinski definition) is 1. The lowest BCUT2D eigenvalue weighted by Gasteiger charge is -2.37. The Balaban J connectivity index is 0.00000240. The minimum atomic E-state index is -3.82. The monoisotopic (exact) mass is 438 g/mol. The van der Waals surface area contributed by atoms with Gasteiger partial charge < -0.3 is 10.1 Å². The van der Waals surface area contributed by atoms with Crippen LogP contribution in [0.4, 0.5) is 4.39 Å². The van der Waals surface area contributed by atoms with Gasteiger partial charge in [-0.1, -0.05) is 13.0 Å². The van der Waals surface area contributed by atoms with E-state index in [4.69, 9.17) is 4.74 Å². The maximum atomic E-state index is 13.4. The fourth-order valence-corrected chi connectivity index (χ4v) is 5.16. The summed E-state index contributed by atoms with van der Waals surface area (Å²) in [5.41, 5.74) is 0.168. The highest BCUT2D eigenvalue weighted by molar-refractivity contribution is 7.90. The second-order valence-electron chi connectivity index (χ2n) is 7.18. The molecule has 0 aliphatic carbocycles. The summed E-state index contributed by atoms with van der Waals surface area (Å²) in [6.07, 6.45) is 4.08. The Morgan fingerprint density at radius 3 is 2.62 bits per heavy atom. The molecule has 5 nitrogen and oxygen atoms in total. The first kappa shape index (κ1) is 21.6. The van der Waals surface area contributed by atoms with E-state index in [0.717, 1.165) is 32.4 Å². The molecule has 0 unspecified atom stereocenters. The molecular weight excluding hydrogens is 415 g/mol. The van der Waals surface area contributed by atoms with E-state index < -0.39 is 15.8 Å². The van der Waals surface area contributed by atoms with Crippen LogP contribution in [0.2, 0.25) is 0 Å². The third-order valence-electron chi connectivity index (χ3n) is 5.47. The van der Waals surface area contributed by atoms with Crippen molar-refractivity contribution >= 4 is 33.3 Å². The summed E-state index contributed by atoms with van der Waals surface area (Å²) >= 11 is 0. The lowest BCUT2D eigenvalue weighted by Crippen LogP contribution is -2.45. The summed E-state index contributed by atoms with van der Waals surface area (Å²) < 4.78 is 47.3. The number of halogens is 2. The number of piperidine rings is 1. The standard InChI is InChI=1S/C21H23FN2O3S.ClH/c1-2-21(9-11-23-12-10-21)27-18-4-3-5-19(15-18)28(25,26)24-13-8-16-14-17(22)6-7-20(16)24;/h3-8,13-15,23H,2,9-12H2,1H3;1H. The van der Waals surface area contributed by atoms with Crippen molar-refractivity contribution in [3.8, 4) is 5.75 Å². The normalized spacial score (nSPS) is 16.3. The van der Waals surface area contributed by atoms with Crippen LogP contribution in [0.15, 0.2) is 59.6 Å². The second kappa shape index (κ2) is 8.34. The van der Waals surface area contributed by atoms with Gasteiger partial charge in [0.2, 0.25) is 0 Å². The van der Waals surface area contributed by atoms with Crippen molar-refractivity contribution in [1.82, 2.24) is 9.29 Å². The van der Waals surface area contributed by atoms with Crippen LogP contribution in [0.1, 0.15) is 26.2 Å². The van der Waals surface area contributed by atoms with E-state index in [0.29, 0.717) is 16.7 Å². The molecule has 3 aromatic rings. The molecule has 8 heteroatoms. The first-order valence-electron chi connectivity index (χ1n) is 9.46. The lowest BCUT2D eigenvalue weighted by atomic mass is 9.89. The van der Waals surface area contributed by atoms with Crippen LogP contribution < -0.4 is 10.1 Å². The molecule has 1 fully saturated rings. The van der Waals surface area contributed by atoms with Gasteiger partial charge in [-0.05, 0) is 68.8 Å². The zero-order chi connectivity index (χ0) is 19.8. The van der Waals surface area contributed by atoms with Gasteiger partial charge in [-0.2, -0.15) is 0 Å². The first-order valence-corrected chi connectivity index (χ1v) is 10.9. The molecule has 4 rings (SSSR count). The summed E-state index contributed by atoms with van der Waals surface area (Å²) in [5.74, 6) is 0.150. The molecule has 0 saturated carbocycles. The minimum absolute atomic E-state index is 0. The van der Waals surface area contributed by atoms with Crippen LogP contribution in [-0.4, -0.2) is 31.1 Å². The summed E-state index contributed by atoms with van der Waals surface area (Å²) in [6, 6.07) is 12.3. The molecule has 1 N–H and O–H groups in total. The van der Waals surface area contributed by atoms with Gasteiger partial charge in [-0.25, -0.2) is 16.8 Å². The Bertz CT molecular complexity index is 1110. The summed E-state index contributed by atoms with van der Waals surface area (Å²) in [7, 11) is -3.82. The number of nitrogens with one attached hydrogen (secondary N) is 1. The number of aromatic nitrogens is 1. The van der Waals surface area contributed by atoms with E-state index in [1.165, 1.54) is 28.4 Å². The van der Waals surface area contributed by atoms with E-state index in [-0.39, 0.29) is 22.9 Å². The summed E-state index contributed by atoms with van der Waals surface area (Å²) in [4.78, 5) is 0.145. The highest BCUT2D eigenvalue weighted by Gasteiger charge is 2.32. The largest absolute Gasteiger partial charge is 0.487 e. The Morgan fingerprint density at radius 1 is 1.14 bits per heavy atom. The van der Waals surface area contributed by atoms with E-state index >= 15 is 0 Å². The molecule has 0 spiro atoms. The third kappa shape index (κ3) is 4.13. The maximum absolute atomic E-state index is 13.4. The van der Waals surface area contributed by atoms with Crippen LogP contribution in [0.25, 0.3) is 10.9 Å². The Labute approximate surface area is 176 Å². The number of nitrogens with zero attached hydrogens (tertiary/aromatic N) is 1. The van der Waals surface area contributed by atoms with E-state index in [2.05, 4.69) is 12.2 Å². The number of fused-ring (bicyclic) bond motifs is 1. The zero-order valence-corrected chi connectivity index (χ0v) is 17.7. The molecule has 0 bridgehead atoms. The number of rotatable bonds is 5. The number of ether oxygens (including phenoxy) is 1. The van der Waals surface area contributed by atoms with Gasteiger partial charge in [0.05, 0.1) is 10.4 Å². The molecule has 1 saturated heterocycles. The van der Waals surface area contributed by atoms with Crippen molar-refractivity contribution in [2.24, 2.45) is 0 Å². The average Bonchev–Trinajstić information content (AvgIpc) is 3.12. The lowest BCUT2D eigenvalue weighted by molar-refractivity contribution is 0.0329. The van der Waals surface area contributed by atoms with Crippen LogP contribution in [0, 0.1) is 5.82 Å². The molecular formula is C21H24ClFN2O3S. The smallest absolute Gasteiger partial charge is 0.268 e. The first-order chi connectivity index (χ1) is 13.4. The molecule has 1 aliphatic heterocycles. The Morgan fingerprint density at radius 2 is 1.90 bits per heavy atom. The summed E-state index contributed by atoms with van der Waals surface area (Å²) in [6.45, 7) is 3.87. The molecule has 2 aromatic carbocycles. The minimum Gasteiger partial charge on any atom is -0.487 e.